The number of hydrogen-bond acceptors (Lipinski definition) is 4. The fourth-order valence-electron chi connectivity index (χ4n) is 1.43. The molecule has 98 valence electrons. The van der Waals surface area contributed by atoms with Crippen LogP contribution in [0.25, 0.3) is 0 Å². The number of benzene rings is 1. The maximum Gasteiger partial charge on any atom is 0.338 e. The van der Waals surface area contributed by atoms with Crippen molar-refractivity contribution in [3.63, 3.8) is 0 Å². The highest BCUT2D eigenvalue weighted by Crippen LogP contribution is 2.16. The average Bonchev–Trinajstić information content (AvgIpc) is 2.83. The lowest BCUT2D eigenvalue weighted by atomic mass is 10.2. The summed E-state index contributed by atoms with van der Waals surface area (Å²) in [4.78, 5) is 15.7. The van der Waals surface area contributed by atoms with Gasteiger partial charge in [0.25, 0.3) is 0 Å². The van der Waals surface area contributed by atoms with E-state index in [0.29, 0.717) is 22.6 Å². The Hall–Kier alpha value is -1.88. The van der Waals surface area contributed by atoms with Crippen LogP contribution in [0.4, 0.5) is 5.69 Å². The second-order valence-electron chi connectivity index (χ2n) is 3.67. The molecular formula is C14H12BrNO3. The van der Waals surface area contributed by atoms with Gasteiger partial charge in [0, 0.05) is 0 Å². The highest BCUT2D eigenvalue weighted by molar-refractivity contribution is 9.10. The molecule has 2 aromatic rings. The van der Waals surface area contributed by atoms with Gasteiger partial charge in [-0.15, -0.1) is 0 Å². The number of hydrogen-bond donors (Lipinski definition) is 0. The third kappa shape index (κ3) is 3.79. The van der Waals surface area contributed by atoms with Crippen molar-refractivity contribution in [3.05, 3.63) is 52.4 Å². The molecular weight excluding hydrogens is 310 g/mol. The molecule has 0 fully saturated rings. The number of halogens is 1. The minimum Gasteiger partial charge on any atom is -0.462 e. The molecule has 0 aliphatic heterocycles. The molecule has 0 spiro atoms. The SMILES string of the molecule is CCOC(=O)c1ccc(N=Cc2ccc(Br)o2)cc1. The third-order valence-electron chi connectivity index (χ3n) is 2.31. The van der Waals surface area contributed by atoms with Crippen LogP contribution in [0.3, 0.4) is 0 Å². The van der Waals surface area contributed by atoms with E-state index in [0.717, 1.165) is 5.69 Å². The first-order chi connectivity index (χ1) is 9.19. The zero-order valence-corrected chi connectivity index (χ0v) is 11.9. The second kappa shape index (κ2) is 6.33. The molecule has 1 heterocycles. The summed E-state index contributed by atoms with van der Waals surface area (Å²) in [5.74, 6) is 0.328. The third-order valence-corrected chi connectivity index (χ3v) is 2.74. The van der Waals surface area contributed by atoms with Crippen LogP contribution in [0.5, 0.6) is 0 Å². The number of nitrogens with zero attached hydrogens (tertiary/aromatic N) is 1. The molecule has 0 saturated carbocycles. The molecule has 19 heavy (non-hydrogen) atoms. The number of aliphatic imine (C=N–C) groups is 1. The van der Waals surface area contributed by atoms with Crippen molar-refractivity contribution in [2.75, 3.05) is 6.61 Å². The Labute approximate surface area is 119 Å². The fraction of sp³-hybridized carbons (Fsp3) is 0.143. The molecule has 0 bridgehead atoms. The summed E-state index contributed by atoms with van der Waals surface area (Å²) >= 11 is 3.22. The number of furan rings is 1. The Balaban J connectivity index is 2.06. The lowest BCUT2D eigenvalue weighted by Gasteiger charge is -2.01. The maximum absolute atomic E-state index is 11.5. The number of ether oxygens (including phenoxy) is 1. The lowest BCUT2D eigenvalue weighted by Crippen LogP contribution is -2.03. The largest absolute Gasteiger partial charge is 0.462 e. The first-order valence-electron chi connectivity index (χ1n) is 5.75. The number of carbonyl (C=O) groups excluding carboxylic acids is 1. The minimum atomic E-state index is -0.326. The Bertz CT molecular complexity index is 587. The first kappa shape index (κ1) is 13.5. The van der Waals surface area contributed by atoms with Crippen LogP contribution in [-0.2, 0) is 4.74 Å². The average molecular weight is 322 g/mol. The standard InChI is InChI=1S/C14H12BrNO3/c1-2-18-14(17)10-3-5-11(6-4-10)16-9-12-7-8-13(15)19-12/h3-9H,2H2,1H3. The highest BCUT2D eigenvalue weighted by Gasteiger charge is 2.04. The van der Waals surface area contributed by atoms with E-state index in [2.05, 4.69) is 20.9 Å². The number of rotatable bonds is 4. The van der Waals surface area contributed by atoms with E-state index >= 15 is 0 Å². The van der Waals surface area contributed by atoms with Crippen molar-refractivity contribution in [3.8, 4) is 0 Å². The van der Waals surface area contributed by atoms with E-state index in [-0.39, 0.29) is 5.97 Å². The second-order valence-corrected chi connectivity index (χ2v) is 4.45. The molecule has 0 radical (unpaired) electrons. The van der Waals surface area contributed by atoms with Crippen LogP contribution in [0.1, 0.15) is 23.0 Å². The summed E-state index contributed by atoms with van der Waals surface area (Å²) in [7, 11) is 0. The van der Waals surface area contributed by atoms with Crippen molar-refractivity contribution >= 4 is 33.8 Å². The van der Waals surface area contributed by atoms with Gasteiger partial charge >= 0.3 is 5.97 Å². The molecule has 0 amide bonds. The van der Waals surface area contributed by atoms with Crippen molar-refractivity contribution in [1.82, 2.24) is 0 Å². The predicted molar refractivity (Wildman–Crippen MR) is 76.1 cm³/mol. The normalized spacial score (nSPS) is 10.8. The van der Waals surface area contributed by atoms with Crippen LogP contribution in [0.15, 0.2) is 50.5 Å². The summed E-state index contributed by atoms with van der Waals surface area (Å²) in [6, 6.07) is 10.5. The van der Waals surface area contributed by atoms with Gasteiger partial charge in [-0.1, -0.05) is 0 Å². The molecule has 0 atom stereocenters. The molecule has 0 aliphatic rings. The van der Waals surface area contributed by atoms with E-state index in [1.807, 2.05) is 0 Å². The van der Waals surface area contributed by atoms with E-state index in [4.69, 9.17) is 9.15 Å². The first-order valence-corrected chi connectivity index (χ1v) is 6.55. The molecule has 0 saturated heterocycles. The summed E-state index contributed by atoms with van der Waals surface area (Å²) in [5, 5.41) is 0. The van der Waals surface area contributed by atoms with Crippen LogP contribution < -0.4 is 0 Å². The molecule has 2 rings (SSSR count). The van der Waals surface area contributed by atoms with Gasteiger partial charge in [-0.25, -0.2) is 4.79 Å². The van der Waals surface area contributed by atoms with Crippen molar-refractivity contribution in [2.24, 2.45) is 4.99 Å². The van der Waals surface area contributed by atoms with Gasteiger partial charge in [0.05, 0.1) is 24.1 Å². The van der Waals surface area contributed by atoms with Gasteiger partial charge in [0.1, 0.15) is 5.76 Å². The Morgan fingerprint density at radius 2 is 2.05 bits per heavy atom. The van der Waals surface area contributed by atoms with Crippen LogP contribution in [0, 0.1) is 0 Å². The Morgan fingerprint density at radius 3 is 2.63 bits per heavy atom. The van der Waals surface area contributed by atoms with Crippen LogP contribution in [-0.4, -0.2) is 18.8 Å². The number of carbonyl (C=O) groups is 1. The predicted octanol–water partition coefficient (Wildman–Crippen LogP) is 3.97. The molecule has 4 nitrogen and oxygen atoms in total. The van der Waals surface area contributed by atoms with E-state index < -0.39 is 0 Å². The molecule has 1 aromatic carbocycles. The van der Waals surface area contributed by atoms with Gasteiger partial charge in [0.15, 0.2) is 4.67 Å². The van der Waals surface area contributed by atoms with E-state index in [9.17, 15) is 4.79 Å². The van der Waals surface area contributed by atoms with Gasteiger partial charge in [-0.2, -0.15) is 0 Å². The van der Waals surface area contributed by atoms with Crippen molar-refractivity contribution in [2.45, 2.75) is 6.92 Å². The topological polar surface area (TPSA) is 51.8 Å². The molecule has 0 aliphatic carbocycles. The summed E-state index contributed by atoms with van der Waals surface area (Å²) in [6.07, 6.45) is 1.62. The molecule has 5 heteroatoms. The van der Waals surface area contributed by atoms with Crippen LogP contribution >= 0.6 is 15.9 Å². The van der Waals surface area contributed by atoms with Crippen molar-refractivity contribution in [1.29, 1.82) is 0 Å². The van der Waals surface area contributed by atoms with Crippen LogP contribution in [0.2, 0.25) is 0 Å². The lowest BCUT2D eigenvalue weighted by molar-refractivity contribution is 0.0526. The molecule has 0 N–H and O–H groups in total. The van der Waals surface area contributed by atoms with Gasteiger partial charge < -0.3 is 9.15 Å². The van der Waals surface area contributed by atoms with Crippen molar-refractivity contribution < 1.29 is 13.9 Å². The Morgan fingerprint density at radius 1 is 1.32 bits per heavy atom. The summed E-state index contributed by atoms with van der Waals surface area (Å²) in [6.45, 7) is 2.14. The van der Waals surface area contributed by atoms with Gasteiger partial charge in [-0.3, -0.25) is 4.99 Å². The van der Waals surface area contributed by atoms with E-state index in [1.54, 1.807) is 49.5 Å². The molecule has 0 unspecified atom stereocenters. The van der Waals surface area contributed by atoms with E-state index in [1.165, 1.54) is 0 Å². The Kier molecular flexibility index (Phi) is 4.52. The zero-order valence-electron chi connectivity index (χ0n) is 10.3. The molecule has 1 aromatic heterocycles. The smallest absolute Gasteiger partial charge is 0.338 e. The maximum atomic E-state index is 11.5. The highest BCUT2D eigenvalue weighted by atomic mass is 79.9. The minimum absolute atomic E-state index is 0.326. The summed E-state index contributed by atoms with van der Waals surface area (Å²) < 4.78 is 10.9. The summed E-state index contributed by atoms with van der Waals surface area (Å²) in [5.41, 5.74) is 1.25. The monoisotopic (exact) mass is 321 g/mol. The van der Waals surface area contributed by atoms with Gasteiger partial charge in [0.2, 0.25) is 0 Å². The fourth-order valence-corrected chi connectivity index (χ4v) is 1.75. The quantitative estimate of drug-likeness (QED) is 0.632. The number of esters is 1. The zero-order chi connectivity index (χ0) is 13.7. The van der Waals surface area contributed by atoms with Gasteiger partial charge in [-0.05, 0) is 59.3 Å².